The largest absolute Gasteiger partial charge is 0.449 e. The predicted molar refractivity (Wildman–Crippen MR) is 71.8 cm³/mol. The van der Waals surface area contributed by atoms with Crippen molar-refractivity contribution in [1.82, 2.24) is 9.44 Å². The maximum atomic E-state index is 11.5. The van der Waals surface area contributed by atoms with Crippen molar-refractivity contribution in [2.45, 2.75) is 37.4 Å². The normalized spacial score (nSPS) is 24.6. The van der Waals surface area contributed by atoms with Crippen molar-refractivity contribution >= 4 is 32.2 Å². The fourth-order valence-electron chi connectivity index (χ4n) is 1.86. The number of hydrogen-bond donors (Lipinski definition) is 2. The van der Waals surface area contributed by atoms with E-state index in [2.05, 4.69) is 25.4 Å². The van der Waals surface area contributed by atoms with Gasteiger partial charge in [-0.3, -0.25) is 0 Å². The van der Waals surface area contributed by atoms with E-state index in [0.717, 1.165) is 25.7 Å². The third-order valence-electron chi connectivity index (χ3n) is 2.83. The van der Waals surface area contributed by atoms with Crippen molar-refractivity contribution in [2.24, 2.45) is 5.92 Å². The Balaban J connectivity index is 2.31. The summed E-state index contributed by atoms with van der Waals surface area (Å²) in [6, 6.07) is 0. The number of carbonyl (C=O) groups is 1. The number of alkyl halides is 1. The van der Waals surface area contributed by atoms with Crippen molar-refractivity contribution < 1.29 is 17.9 Å². The van der Waals surface area contributed by atoms with Crippen LogP contribution in [0, 0.1) is 5.92 Å². The summed E-state index contributed by atoms with van der Waals surface area (Å²) >= 11 is 3.54. The zero-order valence-electron chi connectivity index (χ0n) is 10.3. The fraction of sp³-hybridized carbons (Fsp3) is 0.900. The van der Waals surface area contributed by atoms with Crippen molar-refractivity contribution in [3.8, 4) is 0 Å². The number of halogens is 1. The van der Waals surface area contributed by atoms with Crippen LogP contribution in [0.5, 0.6) is 0 Å². The van der Waals surface area contributed by atoms with Gasteiger partial charge in [-0.15, -0.1) is 0 Å². The second kappa shape index (κ2) is 7.30. The summed E-state index contributed by atoms with van der Waals surface area (Å²) in [4.78, 5) is 11.5. The molecule has 0 aromatic rings. The Morgan fingerprint density at radius 2 is 1.94 bits per heavy atom. The van der Waals surface area contributed by atoms with Crippen molar-refractivity contribution in [1.29, 1.82) is 0 Å². The molecule has 1 saturated carbocycles. The highest BCUT2D eigenvalue weighted by atomic mass is 79.9. The second-order valence-corrected chi connectivity index (χ2v) is 7.09. The van der Waals surface area contributed by atoms with Gasteiger partial charge in [0.1, 0.15) is 0 Å². The first-order valence-electron chi connectivity index (χ1n) is 6.01. The van der Waals surface area contributed by atoms with Gasteiger partial charge in [0.25, 0.3) is 0 Å². The van der Waals surface area contributed by atoms with Crippen LogP contribution in [0.25, 0.3) is 0 Å². The molecule has 0 spiro atoms. The molecule has 0 aliphatic heterocycles. The van der Waals surface area contributed by atoms with E-state index in [1.807, 2.05) is 0 Å². The number of ether oxygens (including phenoxy) is 1. The molecule has 2 N–H and O–H groups in total. The molecule has 1 aliphatic rings. The lowest BCUT2D eigenvalue weighted by molar-refractivity contribution is 0.158. The minimum absolute atomic E-state index is 0.136. The van der Waals surface area contributed by atoms with E-state index < -0.39 is 16.3 Å². The topological polar surface area (TPSA) is 84.5 Å². The van der Waals surface area contributed by atoms with Crippen LogP contribution >= 0.6 is 15.9 Å². The molecule has 8 heteroatoms. The van der Waals surface area contributed by atoms with Gasteiger partial charge >= 0.3 is 16.3 Å². The number of amides is 1. The predicted octanol–water partition coefficient (Wildman–Crippen LogP) is 1.52. The molecule has 0 unspecified atom stereocenters. The molecule has 18 heavy (non-hydrogen) atoms. The average molecular weight is 343 g/mol. The summed E-state index contributed by atoms with van der Waals surface area (Å²) in [5.74, 6) is 0.331. The van der Waals surface area contributed by atoms with E-state index >= 15 is 0 Å². The van der Waals surface area contributed by atoms with E-state index in [1.54, 1.807) is 11.6 Å². The van der Waals surface area contributed by atoms with Gasteiger partial charge in [0.2, 0.25) is 0 Å². The van der Waals surface area contributed by atoms with E-state index in [4.69, 9.17) is 0 Å². The van der Waals surface area contributed by atoms with E-state index in [-0.39, 0.29) is 6.61 Å². The zero-order chi connectivity index (χ0) is 13.6. The van der Waals surface area contributed by atoms with Crippen LogP contribution in [0.1, 0.15) is 32.6 Å². The fourth-order valence-corrected chi connectivity index (χ4v) is 3.19. The Morgan fingerprint density at radius 1 is 1.33 bits per heavy atom. The number of nitrogens with one attached hydrogen (secondary N) is 2. The Kier molecular flexibility index (Phi) is 6.37. The van der Waals surface area contributed by atoms with Gasteiger partial charge in [0.15, 0.2) is 0 Å². The van der Waals surface area contributed by atoms with Crippen molar-refractivity contribution in [3.63, 3.8) is 0 Å². The SMILES string of the molecule is CCOC(=O)NS(=O)(=O)NCC1CCC(Br)CC1. The summed E-state index contributed by atoms with van der Waals surface area (Å²) in [5, 5.41) is 0. The lowest BCUT2D eigenvalue weighted by atomic mass is 9.89. The van der Waals surface area contributed by atoms with Gasteiger partial charge in [0.05, 0.1) is 6.61 Å². The Morgan fingerprint density at radius 3 is 2.50 bits per heavy atom. The van der Waals surface area contributed by atoms with E-state index in [1.165, 1.54) is 0 Å². The molecule has 1 rings (SSSR count). The molecule has 6 nitrogen and oxygen atoms in total. The van der Waals surface area contributed by atoms with Crippen molar-refractivity contribution in [3.05, 3.63) is 0 Å². The molecule has 0 saturated heterocycles. The second-order valence-electron chi connectivity index (χ2n) is 4.29. The molecule has 0 aromatic heterocycles. The van der Waals surface area contributed by atoms with E-state index in [9.17, 15) is 13.2 Å². The molecular formula is C10H19BrN2O4S. The van der Waals surface area contributed by atoms with Gasteiger partial charge in [-0.05, 0) is 38.5 Å². The number of hydrogen-bond acceptors (Lipinski definition) is 4. The highest BCUT2D eigenvalue weighted by Crippen LogP contribution is 2.28. The first kappa shape index (κ1) is 15.7. The van der Waals surface area contributed by atoms with Gasteiger partial charge < -0.3 is 4.74 Å². The molecule has 106 valence electrons. The molecule has 0 aromatic carbocycles. The first-order valence-corrected chi connectivity index (χ1v) is 8.41. The number of rotatable bonds is 5. The van der Waals surface area contributed by atoms with Crippen LogP contribution < -0.4 is 9.44 Å². The molecule has 0 heterocycles. The van der Waals surface area contributed by atoms with Crippen LogP contribution in [0.4, 0.5) is 4.79 Å². The summed E-state index contributed by atoms with van der Waals surface area (Å²) in [5.41, 5.74) is 0. The molecule has 1 aliphatic carbocycles. The van der Waals surface area contributed by atoms with Crippen LogP contribution in [-0.2, 0) is 14.9 Å². The van der Waals surface area contributed by atoms with Crippen LogP contribution in [0.15, 0.2) is 0 Å². The lowest BCUT2D eigenvalue weighted by Gasteiger charge is -2.25. The lowest BCUT2D eigenvalue weighted by Crippen LogP contribution is -2.42. The monoisotopic (exact) mass is 342 g/mol. The van der Waals surface area contributed by atoms with Crippen LogP contribution in [0.3, 0.4) is 0 Å². The Labute approximate surface area is 116 Å². The number of carbonyl (C=O) groups excluding carboxylic acids is 1. The third kappa shape index (κ3) is 6.01. The Hall–Kier alpha value is -0.340. The molecule has 0 atom stereocenters. The van der Waals surface area contributed by atoms with Gasteiger partial charge in [-0.25, -0.2) is 9.52 Å². The molecule has 1 fully saturated rings. The third-order valence-corrected chi connectivity index (χ3v) is 4.73. The van der Waals surface area contributed by atoms with Gasteiger partial charge in [-0.1, -0.05) is 15.9 Å². The summed E-state index contributed by atoms with van der Waals surface area (Å²) in [7, 11) is -3.80. The summed E-state index contributed by atoms with van der Waals surface area (Å²) in [6.07, 6.45) is 3.12. The first-order chi connectivity index (χ1) is 8.43. The smallest absolute Gasteiger partial charge is 0.421 e. The maximum Gasteiger partial charge on any atom is 0.421 e. The molecular weight excluding hydrogens is 324 g/mol. The quantitative estimate of drug-likeness (QED) is 0.742. The van der Waals surface area contributed by atoms with E-state index in [0.29, 0.717) is 17.3 Å². The maximum absolute atomic E-state index is 11.5. The molecule has 0 bridgehead atoms. The minimum atomic E-state index is -3.80. The van der Waals surface area contributed by atoms with Gasteiger partial charge in [0, 0.05) is 11.4 Å². The van der Waals surface area contributed by atoms with Crippen LogP contribution in [0.2, 0.25) is 0 Å². The molecule has 0 radical (unpaired) electrons. The highest BCUT2D eigenvalue weighted by Gasteiger charge is 2.22. The standard InChI is InChI=1S/C10H19BrN2O4S/c1-2-17-10(14)13-18(15,16)12-7-8-3-5-9(11)6-4-8/h8-9,12H,2-7H2,1H3,(H,13,14). The highest BCUT2D eigenvalue weighted by molar-refractivity contribution is 9.09. The van der Waals surface area contributed by atoms with Crippen LogP contribution in [-0.4, -0.2) is 32.5 Å². The average Bonchev–Trinajstić information content (AvgIpc) is 2.28. The summed E-state index contributed by atoms with van der Waals surface area (Å²) < 4.78 is 31.7. The molecule has 1 amide bonds. The minimum Gasteiger partial charge on any atom is -0.449 e. The van der Waals surface area contributed by atoms with Gasteiger partial charge in [-0.2, -0.15) is 13.1 Å². The zero-order valence-corrected chi connectivity index (χ0v) is 12.7. The Bertz CT molecular complexity index is 366. The van der Waals surface area contributed by atoms with Crippen molar-refractivity contribution in [2.75, 3.05) is 13.2 Å². The summed E-state index contributed by atoms with van der Waals surface area (Å²) in [6.45, 7) is 2.10.